The zero-order valence-corrected chi connectivity index (χ0v) is 12.5. The first-order valence-electron chi connectivity index (χ1n) is 7.25. The van der Waals surface area contributed by atoms with E-state index in [9.17, 15) is 4.79 Å². The van der Waals surface area contributed by atoms with E-state index in [0.29, 0.717) is 18.9 Å². The van der Waals surface area contributed by atoms with Crippen LogP contribution in [0, 0.1) is 5.92 Å². The predicted molar refractivity (Wildman–Crippen MR) is 77.5 cm³/mol. The third-order valence-electron chi connectivity index (χ3n) is 3.36. The number of amides is 1. The minimum atomic E-state index is 0.165. The minimum Gasteiger partial charge on any atom is -0.352 e. The Bertz CT molecular complexity index is 217. The van der Waals surface area contributed by atoms with Gasteiger partial charge in [0.05, 0.1) is 0 Å². The van der Waals surface area contributed by atoms with E-state index in [1.807, 2.05) is 0 Å². The summed E-state index contributed by atoms with van der Waals surface area (Å²) in [4.78, 5) is 14.1. The lowest BCUT2D eigenvalue weighted by atomic mass is 10.0. The van der Waals surface area contributed by atoms with Gasteiger partial charge in [-0.2, -0.15) is 0 Å². The largest absolute Gasteiger partial charge is 0.352 e. The summed E-state index contributed by atoms with van der Waals surface area (Å²) in [5, 5.41) is 3.06. The van der Waals surface area contributed by atoms with E-state index >= 15 is 0 Å². The summed E-state index contributed by atoms with van der Waals surface area (Å²) in [5.41, 5.74) is 5.50. The van der Waals surface area contributed by atoms with Crippen LogP contribution in [0.15, 0.2) is 0 Å². The summed E-state index contributed by atoms with van der Waals surface area (Å²) >= 11 is 0. The Labute approximate surface area is 112 Å². The first-order chi connectivity index (χ1) is 8.53. The summed E-state index contributed by atoms with van der Waals surface area (Å²) in [6, 6.07) is 0.224. The molecule has 0 radical (unpaired) electrons. The summed E-state index contributed by atoms with van der Waals surface area (Å²) in [5.74, 6) is 0.706. The van der Waals surface area contributed by atoms with Crippen LogP contribution in [0.5, 0.6) is 0 Å². The number of nitrogens with zero attached hydrogens (tertiary/aromatic N) is 1. The summed E-state index contributed by atoms with van der Waals surface area (Å²) in [7, 11) is 0. The van der Waals surface area contributed by atoms with E-state index in [2.05, 4.69) is 37.9 Å². The lowest BCUT2D eigenvalue weighted by molar-refractivity contribution is -0.122. The molecule has 0 fully saturated rings. The Balaban J connectivity index is 3.79. The second-order valence-corrected chi connectivity index (χ2v) is 5.18. The van der Waals surface area contributed by atoms with Crippen LogP contribution in [0.1, 0.15) is 47.0 Å². The van der Waals surface area contributed by atoms with Crippen molar-refractivity contribution in [3.8, 4) is 0 Å². The fourth-order valence-electron chi connectivity index (χ4n) is 2.07. The molecule has 0 bridgehead atoms. The van der Waals surface area contributed by atoms with Gasteiger partial charge >= 0.3 is 0 Å². The van der Waals surface area contributed by atoms with E-state index in [4.69, 9.17) is 5.73 Å². The number of carbonyl (C=O) groups is 1. The zero-order valence-electron chi connectivity index (χ0n) is 12.5. The molecule has 18 heavy (non-hydrogen) atoms. The molecule has 0 aliphatic rings. The van der Waals surface area contributed by atoms with Crippen LogP contribution in [-0.4, -0.2) is 43.0 Å². The van der Waals surface area contributed by atoms with Crippen LogP contribution in [-0.2, 0) is 4.79 Å². The van der Waals surface area contributed by atoms with Gasteiger partial charge in [-0.15, -0.1) is 0 Å². The number of rotatable bonds is 10. The highest BCUT2D eigenvalue weighted by Crippen LogP contribution is 2.08. The number of hydrogen-bond acceptors (Lipinski definition) is 3. The Hall–Kier alpha value is -0.610. The van der Waals surface area contributed by atoms with Gasteiger partial charge in [-0.25, -0.2) is 0 Å². The highest BCUT2D eigenvalue weighted by atomic mass is 16.1. The van der Waals surface area contributed by atoms with Gasteiger partial charge < -0.3 is 16.0 Å². The molecular weight excluding hydrogens is 226 g/mol. The minimum absolute atomic E-state index is 0.165. The zero-order chi connectivity index (χ0) is 14.0. The highest BCUT2D eigenvalue weighted by Gasteiger charge is 2.11. The smallest absolute Gasteiger partial charge is 0.220 e. The molecule has 0 aliphatic carbocycles. The molecule has 0 aromatic heterocycles. The van der Waals surface area contributed by atoms with Crippen molar-refractivity contribution in [2.24, 2.45) is 11.7 Å². The first-order valence-corrected chi connectivity index (χ1v) is 7.25. The third-order valence-corrected chi connectivity index (χ3v) is 3.36. The van der Waals surface area contributed by atoms with E-state index in [1.54, 1.807) is 0 Å². The molecule has 0 heterocycles. The lowest BCUT2D eigenvalue weighted by Crippen LogP contribution is -2.41. The lowest BCUT2D eigenvalue weighted by Gasteiger charge is -2.23. The van der Waals surface area contributed by atoms with Crippen LogP contribution in [0.4, 0.5) is 0 Å². The van der Waals surface area contributed by atoms with Gasteiger partial charge in [0.2, 0.25) is 5.91 Å². The maximum absolute atomic E-state index is 11.8. The SMILES string of the molecule is CCN(CC)CC(C)NC(=O)CCC(C)CCN. The highest BCUT2D eigenvalue weighted by molar-refractivity contribution is 5.76. The monoisotopic (exact) mass is 257 g/mol. The molecule has 0 rings (SSSR count). The Kier molecular flexibility index (Phi) is 9.98. The van der Waals surface area contributed by atoms with Gasteiger partial charge in [0.15, 0.2) is 0 Å². The fourth-order valence-corrected chi connectivity index (χ4v) is 2.07. The van der Waals surface area contributed by atoms with Crippen molar-refractivity contribution in [1.29, 1.82) is 0 Å². The van der Waals surface area contributed by atoms with E-state index in [0.717, 1.165) is 32.5 Å². The van der Waals surface area contributed by atoms with Crippen LogP contribution in [0.25, 0.3) is 0 Å². The topological polar surface area (TPSA) is 58.4 Å². The molecule has 2 atom stereocenters. The van der Waals surface area contributed by atoms with Crippen molar-refractivity contribution < 1.29 is 4.79 Å². The molecule has 0 aliphatic heterocycles. The average Bonchev–Trinajstić information content (AvgIpc) is 2.33. The molecular formula is C14H31N3O. The van der Waals surface area contributed by atoms with E-state index < -0.39 is 0 Å². The second-order valence-electron chi connectivity index (χ2n) is 5.18. The average molecular weight is 257 g/mol. The molecule has 0 saturated carbocycles. The Morgan fingerprint density at radius 2 is 1.83 bits per heavy atom. The van der Waals surface area contributed by atoms with Crippen molar-refractivity contribution in [3.05, 3.63) is 0 Å². The maximum Gasteiger partial charge on any atom is 0.220 e. The molecule has 4 nitrogen and oxygen atoms in total. The van der Waals surface area contributed by atoms with Gasteiger partial charge in [0.25, 0.3) is 0 Å². The second kappa shape index (κ2) is 10.3. The predicted octanol–water partition coefficient (Wildman–Crippen LogP) is 1.60. The van der Waals surface area contributed by atoms with Gasteiger partial charge in [-0.3, -0.25) is 4.79 Å². The van der Waals surface area contributed by atoms with Crippen molar-refractivity contribution in [2.45, 2.75) is 53.0 Å². The molecule has 1 amide bonds. The van der Waals surface area contributed by atoms with Crippen LogP contribution in [0.3, 0.4) is 0 Å². The fraction of sp³-hybridized carbons (Fsp3) is 0.929. The summed E-state index contributed by atoms with van der Waals surface area (Å²) < 4.78 is 0. The van der Waals surface area contributed by atoms with Gasteiger partial charge in [-0.1, -0.05) is 20.8 Å². The van der Waals surface area contributed by atoms with Gasteiger partial charge in [-0.05, 0) is 45.3 Å². The number of carbonyl (C=O) groups excluding carboxylic acids is 1. The number of hydrogen-bond donors (Lipinski definition) is 2. The number of nitrogens with two attached hydrogens (primary N) is 1. The van der Waals surface area contributed by atoms with Gasteiger partial charge in [0.1, 0.15) is 0 Å². The quantitative estimate of drug-likeness (QED) is 0.625. The first kappa shape index (κ1) is 17.4. The molecule has 108 valence electrons. The van der Waals surface area contributed by atoms with Crippen molar-refractivity contribution in [3.63, 3.8) is 0 Å². The molecule has 0 saturated heterocycles. The molecule has 2 unspecified atom stereocenters. The molecule has 0 spiro atoms. The van der Waals surface area contributed by atoms with Crippen LogP contribution < -0.4 is 11.1 Å². The molecule has 4 heteroatoms. The van der Waals surface area contributed by atoms with Gasteiger partial charge in [0, 0.05) is 19.0 Å². The summed E-state index contributed by atoms with van der Waals surface area (Å²) in [6.45, 7) is 12.2. The van der Waals surface area contributed by atoms with E-state index in [1.165, 1.54) is 0 Å². The maximum atomic E-state index is 11.8. The molecule has 3 N–H and O–H groups in total. The van der Waals surface area contributed by atoms with Crippen molar-refractivity contribution in [2.75, 3.05) is 26.2 Å². The van der Waals surface area contributed by atoms with Crippen molar-refractivity contribution >= 4 is 5.91 Å². The normalized spacial score (nSPS) is 14.6. The molecule has 0 aromatic rings. The number of nitrogens with one attached hydrogen (secondary N) is 1. The number of likely N-dealkylation sites (N-methyl/N-ethyl adjacent to an activating group) is 1. The molecule has 0 aromatic carbocycles. The third kappa shape index (κ3) is 8.48. The van der Waals surface area contributed by atoms with Crippen molar-refractivity contribution in [1.82, 2.24) is 10.2 Å². The Morgan fingerprint density at radius 1 is 1.22 bits per heavy atom. The van der Waals surface area contributed by atoms with Crippen LogP contribution in [0.2, 0.25) is 0 Å². The standard InChI is InChI=1S/C14H31N3O/c1-5-17(6-2)11-13(4)16-14(18)8-7-12(3)9-10-15/h12-13H,5-11,15H2,1-4H3,(H,16,18). The van der Waals surface area contributed by atoms with Crippen LogP contribution >= 0.6 is 0 Å². The Morgan fingerprint density at radius 3 is 2.33 bits per heavy atom. The van der Waals surface area contributed by atoms with E-state index in [-0.39, 0.29) is 11.9 Å². The summed E-state index contributed by atoms with van der Waals surface area (Å²) in [6.07, 6.45) is 2.55.